The lowest BCUT2D eigenvalue weighted by atomic mass is 9.75. The molecule has 0 bridgehead atoms. The second kappa shape index (κ2) is 13.4. The van der Waals surface area contributed by atoms with Crippen LogP contribution in [-0.2, 0) is 14.3 Å². The molecule has 42 heavy (non-hydrogen) atoms. The van der Waals surface area contributed by atoms with Crippen molar-refractivity contribution in [2.24, 2.45) is 16.3 Å². The number of nitrogens with zero attached hydrogens (tertiary/aromatic N) is 1. The first-order chi connectivity index (χ1) is 19.9. The van der Waals surface area contributed by atoms with E-state index in [2.05, 4.69) is 22.4 Å². The molecule has 2 aromatic carbocycles. The van der Waals surface area contributed by atoms with Crippen LogP contribution in [0.15, 0.2) is 64.9 Å². The molecule has 0 aromatic heterocycles. The number of amides is 1. The van der Waals surface area contributed by atoms with E-state index in [9.17, 15) is 24.6 Å². The van der Waals surface area contributed by atoms with Crippen molar-refractivity contribution >= 4 is 23.6 Å². The van der Waals surface area contributed by atoms with Crippen molar-refractivity contribution in [3.63, 3.8) is 0 Å². The van der Waals surface area contributed by atoms with Gasteiger partial charge in [-0.2, -0.15) is 0 Å². The first-order valence-corrected chi connectivity index (χ1v) is 14.8. The average molecular weight is 575 g/mol. The van der Waals surface area contributed by atoms with Gasteiger partial charge in [0.15, 0.2) is 5.78 Å². The zero-order chi connectivity index (χ0) is 30.4. The van der Waals surface area contributed by atoms with Gasteiger partial charge in [0.25, 0.3) is 0 Å². The third kappa shape index (κ3) is 7.66. The number of aliphatic hydroxyl groups excluding tert-OH is 1. The number of fused-ring (bicyclic) bond motifs is 3. The second-order valence-electron chi connectivity index (χ2n) is 12.6. The Labute approximate surface area is 247 Å². The molecule has 0 aliphatic heterocycles. The van der Waals surface area contributed by atoms with Crippen LogP contribution in [0, 0.1) is 11.3 Å². The summed E-state index contributed by atoms with van der Waals surface area (Å²) >= 11 is 0. The molecule has 1 amide bonds. The van der Waals surface area contributed by atoms with E-state index in [4.69, 9.17) is 4.74 Å². The highest BCUT2D eigenvalue weighted by Gasteiger charge is 2.35. The van der Waals surface area contributed by atoms with Crippen LogP contribution in [0.3, 0.4) is 0 Å². The molecule has 0 radical (unpaired) electrons. The minimum atomic E-state index is -1.02. The minimum absolute atomic E-state index is 0.0893. The normalized spacial score (nSPS) is 17.2. The molecule has 0 fully saturated rings. The number of benzene rings is 2. The standard InChI is InChI=1S/C34H42N2O6/c1-21(2)16-28(32-29(37)18-34(3,4)19-30(32)38)35-15-9-10-22(17-31(39)40)36-33(41)42-20-27-25-13-7-5-11-23(25)24-12-6-8-14-26(24)27/h5-8,11-14,21-22,27,37H,9-10,15-20H2,1-4H3,(H,36,41)(H,39,40). The van der Waals surface area contributed by atoms with Crippen LogP contribution >= 0.6 is 0 Å². The Bertz CT molecular complexity index is 1340. The Hall–Kier alpha value is -3.94. The molecule has 1 unspecified atom stereocenters. The number of ether oxygens (including phenoxy) is 1. The number of aliphatic carboxylic acids is 1. The summed E-state index contributed by atoms with van der Waals surface area (Å²) < 4.78 is 5.62. The molecule has 0 spiro atoms. The van der Waals surface area contributed by atoms with E-state index in [1.54, 1.807) is 0 Å². The van der Waals surface area contributed by atoms with Gasteiger partial charge in [-0.3, -0.25) is 14.6 Å². The van der Waals surface area contributed by atoms with Crippen molar-refractivity contribution in [1.29, 1.82) is 0 Å². The highest BCUT2D eigenvalue weighted by atomic mass is 16.5. The Balaban J connectivity index is 1.37. The van der Waals surface area contributed by atoms with E-state index in [1.165, 1.54) is 0 Å². The first-order valence-electron chi connectivity index (χ1n) is 14.8. The van der Waals surface area contributed by atoms with Crippen molar-refractivity contribution < 1.29 is 29.3 Å². The summed E-state index contributed by atoms with van der Waals surface area (Å²) in [7, 11) is 0. The first kappa shape index (κ1) is 31.0. The summed E-state index contributed by atoms with van der Waals surface area (Å²) in [5.74, 6) is -0.871. The van der Waals surface area contributed by atoms with Gasteiger partial charge in [-0.1, -0.05) is 76.2 Å². The fourth-order valence-corrected chi connectivity index (χ4v) is 6.04. The van der Waals surface area contributed by atoms with Gasteiger partial charge in [0.2, 0.25) is 0 Å². The molecular formula is C34H42N2O6. The lowest BCUT2D eigenvalue weighted by Crippen LogP contribution is -2.37. The number of carbonyl (C=O) groups excluding carboxylic acids is 2. The molecule has 0 heterocycles. The minimum Gasteiger partial charge on any atom is -0.511 e. The third-order valence-electron chi connectivity index (χ3n) is 7.84. The van der Waals surface area contributed by atoms with Gasteiger partial charge in [0.05, 0.1) is 12.0 Å². The van der Waals surface area contributed by atoms with Crippen molar-refractivity contribution in [3.8, 4) is 11.1 Å². The number of aliphatic hydroxyl groups is 1. The van der Waals surface area contributed by atoms with E-state index >= 15 is 0 Å². The number of carbonyl (C=O) groups is 3. The fraction of sp³-hybridized carbons (Fsp3) is 0.471. The number of carboxylic acid groups (broad SMARTS) is 1. The van der Waals surface area contributed by atoms with E-state index in [-0.39, 0.29) is 41.8 Å². The number of carboxylic acids is 1. The van der Waals surface area contributed by atoms with Crippen molar-refractivity contribution in [2.75, 3.05) is 13.2 Å². The maximum atomic E-state index is 12.9. The lowest BCUT2D eigenvalue weighted by molar-refractivity contribution is -0.137. The monoisotopic (exact) mass is 574 g/mol. The number of hydrogen-bond acceptors (Lipinski definition) is 6. The lowest BCUT2D eigenvalue weighted by Gasteiger charge is -2.30. The number of hydrogen-bond donors (Lipinski definition) is 3. The molecule has 2 aliphatic carbocycles. The van der Waals surface area contributed by atoms with Crippen LogP contribution in [0.1, 0.15) is 83.3 Å². The van der Waals surface area contributed by atoms with Crippen LogP contribution in [0.4, 0.5) is 4.79 Å². The van der Waals surface area contributed by atoms with Gasteiger partial charge in [0, 0.05) is 37.1 Å². The zero-order valence-electron chi connectivity index (χ0n) is 25.0. The topological polar surface area (TPSA) is 125 Å². The van der Waals surface area contributed by atoms with Gasteiger partial charge in [0.1, 0.15) is 12.4 Å². The average Bonchev–Trinajstić information content (AvgIpc) is 3.21. The number of ketones is 1. The number of nitrogens with one attached hydrogen (secondary N) is 1. The number of rotatable bonds is 12. The Morgan fingerprint density at radius 1 is 1.02 bits per heavy atom. The summed E-state index contributed by atoms with van der Waals surface area (Å²) in [6, 6.07) is 15.5. The van der Waals surface area contributed by atoms with Gasteiger partial charge in [-0.25, -0.2) is 4.79 Å². The van der Waals surface area contributed by atoms with Crippen LogP contribution in [0.5, 0.6) is 0 Å². The molecule has 224 valence electrons. The second-order valence-corrected chi connectivity index (χ2v) is 12.6. The van der Waals surface area contributed by atoms with E-state index < -0.39 is 18.1 Å². The Kier molecular flexibility index (Phi) is 9.86. The predicted octanol–water partition coefficient (Wildman–Crippen LogP) is 6.84. The van der Waals surface area contributed by atoms with Gasteiger partial charge >= 0.3 is 12.1 Å². The molecular weight excluding hydrogens is 532 g/mol. The Morgan fingerprint density at radius 2 is 1.64 bits per heavy atom. The number of allylic oxidation sites excluding steroid dienone is 2. The van der Waals surface area contributed by atoms with Crippen LogP contribution in [0.2, 0.25) is 0 Å². The highest BCUT2D eigenvalue weighted by Crippen LogP contribution is 2.44. The van der Waals surface area contributed by atoms with Crippen molar-refractivity contribution in [1.82, 2.24) is 5.32 Å². The maximum absolute atomic E-state index is 12.9. The molecule has 0 saturated heterocycles. The fourth-order valence-electron chi connectivity index (χ4n) is 6.04. The summed E-state index contributed by atoms with van der Waals surface area (Å²) in [4.78, 5) is 41.9. The summed E-state index contributed by atoms with van der Waals surface area (Å²) in [5, 5.41) is 22.9. The predicted molar refractivity (Wildman–Crippen MR) is 163 cm³/mol. The van der Waals surface area contributed by atoms with Gasteiger partial charge in [-0.05, 0) is 52.8 Å². The summed E-state index contributed by atoms with van der Waals surface area (Å²) in [6.45, 7) is 8.48. The van der Waals surface area contributed by atoms with Crippen LogP contribution in [0.25, 0.3) is 11.1 Å². The summed E-state index contributed by atoms with van der Waals surface area (Å²) in [5.41, 5.74) is 5.11. The quantitative estimate of drug-likeness (QED) is 0.188. The van der Waals surface area contributed by atoms with Crippen LogP contribution in [-0.4, -0.2) is 53.0 Å². The molecule has 2 aromatic rings. The molecule has 2 aliphatic rings. The van der Waals surface area contributed by atoms with E-state index in [0.29, 0.717) is 49.9 Å². The highest BCUT2D eigenvalue weighted by molar-refractivity contribution is 6.23. The molecule has 8 heteroatoms. The smallest absolute Gasteiger partial charge is 0.407 e. The number of alkyl carbamates (subject to hydrolysis) is 1. The largest absolute Gasteiger partial charge is 0.511 e. The van der Waals surface area contributed by atoms with Crippen molar-refractivity contribution in [3.05, 3.63) is 71.0 Å². The molecule has 1 atom stereocenters. The van der Waals surface area contributed by atoms with Gasteiger partial charge < -0.3 is 20.3 Å². The summed E-state index contributed by atoms with van der Waals surface area (Å²) in [6.07, 6.45) is 1.31. The van der Waals surface area contributed by atoms with Crippen LogP contribution < -0.4 is 5.32 Å². The molecule has 8 nitrogen and oxygen atoms in total. The van der Waals surface area contributed by atoms with E-state index in [1.807, 2.05) is 64.1 Å². The van der Waals surface area contributed by atoms with E-state index in [0.717, 1.165) is 22.3 Å². The van der Waals surface area contributed by atoms with Crippen molar-refractivity contribution in [2.45, 2.75) is 78.2 Å². The number of aliphatic imine (C=N–C) groups is 1. The molecule has 0 saturated carbocycles. The SMILES string of the molecule is CC(C)CC(=NCCCC(CC(=O)O)NC(=O)OCC1c2ccccc2-c2ccccc21)C1=C(O)CC(C)(C)CC1=O. The Morgan fingerprint density at radius 3 is 2.21 bits per heavy atom. The maximum Gasteiger partial charge on any atom is 0.407 e. The third-order valence-corrected chi connectivity index (χ3v) is 7.84. The number of Topliss-reactive ketones (excluding diaryl/α,β-unsaturated/α-hetero) is 1. The molecule has 4 rings (SSSR count). The molecule has 3 N–H and O–H groups in total. The zero-order valence-corrected chi connectivity index (χ0v) is 25.0. The van der Waals surface area contributed by atoms with Gasteiger partial charge in [-0.15, -0.1) is 0 Å².